The average molecular weight is 382 g/mol. The van der Waals surface area contributed by atoms with Gasteiger partial charge in [-0.25, -0.2) is 0 Å². The Morgan fingerprint density at radius 3 is 2.79 bits per heavy atom. The van der Waals surface area contributed by atoms with E-state index < -0.39 is 18.0 Å². The fourth-order valence-electron chi connectivity index (χ4n) is 2.86. The molecule has 0 spiro atoms. The molecule has 0 saturated heterocycles. The molecule has 0 fully saturated rings. The number of carbonyl (C=O) groups is 2. The monoisotopic (exact) mass is 382 g/mol. The number of hydrogen-bond acceptors (Lipinski definition) is 7. The van der Waals surface area contributed by atoms with Gasteiger partial charge < -0.3 is 24.1 Å². The van der Waals surface area contributed by atoms with E-state index in [0.29, 0.717) is 41.7 Å². The van der Waals surface area contributed by atoms with Gasteiger partial charge in [0.2, 0.25) is 0 Å². The van der Waals surface area contributed by atoms with E-state index in [4.69, 9.17) is 18.7 Å². The van der Waals surface area contributed by atoms with Crippen molar-refractivity contribution >= 4 is 28.5 Å². The van der Waals surface area contributed by atoms with Crippen LogP contribution in [0.1, 0.15) is 12.6 Å². The van der Waals surface area contributed by atoms with Crippen molar-refractivity contribution in [2.75, 3.05) is 18.5 Å². The van der Waals surface area contributed by atoms with Crippen molar-refractivity contribution in [1.82, 2.24) is 5.16 Å². The zero-order valence-electron chi connectivity index (χ0n) is 15.1. The Hall–Kier alpha value is -3.55. The number of carbonyl (C=O) groups excluding carboxylic acids is 2. The number of esters is 1. The second-order valence-corrected chi connectivity index (χ2v) is 6.28. The van der Waals surface area contributed by atoms with E-state index in [9.17, 15) is 9.59 Å². The van der Waals surface area contributed by atoms with Gasteiger partial charge in [-0.1, -0.05) is 17.3 Å². The number of fused-ring (bicyclic) bond motifs is 2. The summed E-state index contributed by atoms with van der Waals surface area (Å²) in [5, 5.41) is 7.34. The lowest BCUT2D eigenvalue weighted by molar-refractivity contribution is -0.152. The normalized spacial score (nSPS) is 13.8. The van der Waals surface area contributed by atoms with Crippen LogP contribution in [-0.2, 0) is 20.7 Å². The first-order valence-electron chi connectivity index (χ1n) is 8.83. The maximum Gasteiger partial charge on any atom is 0.312 e. The van der Waals surface area contributed by atoms with Gasteiger partial charge in [0.05, 0.1) is 6.42 Å². The van der Waals surface area contributed by atoms with Crippen molar-refractivity contribution in [3.05, 3.63) is 48.2 Å². The predicted molar refractivity (Wildman–Crippen MR) is 99.3 cm³/mol. The molecule has 28 heavy (non-hydrogen) atoms. The van der Waals surface area contributed by atoms with Crippen molar-refractivity contribution in [2.24, 2.45) is 0 Å². The SMILES string of the molecule is C[C@H](OC(=O)Cc1noc2ccccc12)C(=O)Nc1ccc2c(c1)OCCO2. The Bertz CT molecular complexity index is 1030. The molecular formula is C20H18N2O6. The third kappa shape index (κ3) is 3.75. The first-order chi connectivity index (χ1) is 13.6. The minimum absolute atomic E-state index is 0.0847. The lowest BCUT2D eigenvalue weighted by atomic mass is 10.2. The molecule has 2 heterocycles. The van der Waals surface area contributed by atoms with Gasteiger partial charge in [0, 0.05) is 17.1 Å². The van der Waals surface area contributed by atoms with Crippen molar-refractivity contribution in [2.45, 2.75) is 19.4 Å². The molecule has 0 saturated carbocycles. The Labute approximate surface area is 160 Å². The van der Waals surface area contributed by atoms with Crippen LogP contribution in [0.3, 0.4) is 0 Å². The number of ether oxygens (including phenoxy) is 3. The highest BCUT2D eigenvalue weighted by molar-refractivity contribution is 5.95. The van der Waals surface area contributed by atoms with Gasteiger partial charge in [-0.2, -0.15) is 0 Å². The zero-order chi connectivity index (χ0) is 19.5. The summed E-state index contributed by atoms with van der Waals surface area (Å²) >= 11 is 0. The summed E-state index contributed by atoms with van der Waals surface area (Å²) in [6, 6.07) is 12.3. The van der Waals surface area contributed by atoms with Crippen molar-refractivity contribution in [1.29, 1.82) is 0 Å². The Morgan fingerprint density at radius 1 is 1.14 bits per heavy atom. The molecular weight excluding hydrogens is 364 g/mol. The van der Waals surface area contributed by atoms with E-state index in [-0.39, 0.29) is 6.42 Å². The number of nitrogens with one attached hydrogen (secondary N) is 1. The number of amides is 1. The average Bonchev–Trinajstić information content (AvgIpc) is 3.10. The number of para-hydroxylation sites is 1. The summed E-state index contributed by atoms with van der Waals surface area (Å²) in [7, 11) is 0. The second-order valence-electron chi connectivity index (χ2n) is 6.28. The quantitative estimate of drug-likeness (QED) is 0.677. The molecule has 1 aliphatic rings. The number of anilines is 1. The number of rotatable bonds is 5. The van der Waals surface area contributed by atoms with Gasteiger partial charge in [0.25, 0.3) is 5.91 Å². The van der Waals surface area contributed by atoms with Crippen molar-refractivity contribution in [3.8, 4) is 11.5 Å². The van der Waals surface area contributed by atoms with Crippen LogP contribution >= 0.6 is 0 Å². The molecule has 0 unspecified atom stereocenters. The molecule has 0 aliphatic carbocycles. The molecule has 4 rings (SSSR count). The molecule has 0 radical (unpaired) electrons. The van der Waals surface area contributed by atoms with E-state index in [0.717, 1.165) is 5.39 Å². The van der Waals surface area contributed by atoms with Crippen molar-refractivity contribution in [3.63, 3.8) is 0 Å². The number of benzene rings is 2. The molecule has 1 aliphatic heterocycles. The molecule has 8 nitrogen and oxygen atoms in total. The summed E-state index contributed by atoms with van der Waals surface area (Å²) < 4.78 is 21.3. The highest BCUT2D eigenvalue weighted by Crippen LogP contribution is 2.32. The summed E-state index contributed by atoms with van der Waals surface area (Å²) in [4.78, 5) is 24.5. The standard InChI is InChI=1S/C20H18N2O6/c1-12(20(24)21-13-6-7-17-18(10-13)26-9-8-25-17)27-19(23)11-15-14-4-2-3-5-16(14)28-22-15/h2-7,10,12H,8-9,11H2,1H3,(H,21,24)/t12-/m0/s1. The summed E-state index contributed by atoms with van der Waals surface area (Å²) in [5.41, 5.74) is 1.59. The number of nitrogens with zero attached hydrogens (tertiary/aromatic N) is 1. The molecule has 1 aromatic heterocycles. The van der Waals surface area contributed by atoms with E-state index in [1.54, 1.807) is 24.3 Å². The first-order valence-corrected chi connectivity index (χ1v) is 8.83. The molecule has 8 heteroatoms. The molecule has 2 aromatic carbocycles. The Balaban J connectivity index is 1.35. The Kier molecular flexibility index (Phi) is 4.84. The van der Waals surface area contributed by atoms with Crippen LogP contribution in [0.5, 0.6) is 11.5 Å². The van der Waals surface area contributed by atoms with E-state index in [1.165, 1.54) is 6.92 Å². The van der Waals surface area contributed by atoms with Gasteiger partial charge in [-0.05, 0) is 31.2 Å². The minimum Gasteiger partial charge on any atom is -0.486 e. The lowest BCUT2D eigenvalue weighted by Crippen LogP contribution is -2.30. The molecule has 1 N–H and O–H groups in total. The largest absolute Gasteiger partial charge is 0.486 e. The summed E-state index contributed by atoms with van der Waals surface area (Å²) in [5.74, 6) is 0.175. The fourth-order valence-corrected chi connectivity index (χ4v) is 2.86. The van der Waals surface area contributed by atoms with E-state index in [2.05, 4.69) is 10.5 Å². The van der Waals surface area contributed by atoms with Gasteiger partial charge in [0.1, 0.15) is 18.9 Å². The smallest absolute Gasteiger partial charge is 0.312 e. The summed E-state index contributed by atoms with van der Waals surface area (Å²) in [6.45, 7) is 2.45. The minimum atomic E-state index is -0.973. The van der Waals surface area contributed by atoms with Gasteiger partial charge in [-0.3, -0.25) is 9.59 Å². The molecule has 144 valence electrons. The first kappa shape index (κ1) is 17.8. The highest BCUT2D eigenvalue weighted by Gasteiger charge is 2.21. The number of hydrogen-bond donors (Lipinski definition) is 1. The molecule has 0 bridgehead atoms. The number of aromatic nitrogens is 1. The van der Waals surface area contributed by atoms with Crippen LogP contribution in [-0.4, -0.2) is 36.4 Å². The van der Waals surface area contributed by atoms with Crippen LogP contribution in [0.4, 0.5) is 5.69 Å². The van der Waals surface area contributed by atoms with Crippen LogP contribution in [0.2, 0.25) is 0 Å². The van der Waals surface area contributed by atoms with Gasteiger partial charge in [0.15, 0.2) is 23.2 Å². The lowest BCUT2D eigenvalue weighted by Gasteiger charge is -2.19. The maximum atomic E-state index is 12.3. The van der Waals surface area contributed by atoms with Crippen molar-refractivity contribution < 1.29 is 28.3 Å². The molecule has 1 amide bonds. The molecule has 3 aromatic rings. The maximum absolute atomic E-state index is 12.3. The van der Waals surface area contributed by atoms with Crippen LogP contribution in [0.15, 0.2) is 47.0 Å². The third-order valence-corrected chi connectivity index (χ3v) is 4.25. The highest BCUT2D eigenvalue weighted by atomic mass is 16.6. The summed E-state index contributed by atoms with van der Waals surface area (Å²) in [6.07, 6.45) is -1.06. The van der Waals surface area contributed by atoms with Gasteiger partial charge >= 0.3 is 5.97 Å². The topological polar surface area (TPSA) is 99.9 Å². The second kappa shape index (κ2) is 7.59. The van der Waals surface area contributed by atoms with Crippen LogP contribution in [0.25, 0.3) is 11.0 Å². The van der Waals surface area contributed by atoms with E-state index in [1.807, 2.05) is 18.2 Å². The third-order valence-electron chi connectivity index (χ3n) is 4.25. The molecule has 1 atom stereocenters. The predicted octanol–water partition coefficient (Wildman–Crippen LogP) is 2.71. The zero-order valence-corrected chi connectivity index (χ0v) is 15.1. The Morgan fingerprint density at radius 2 is 1.93 bits per heavy atom. The van der Waals surface area contributed by atoms with Crippen LogP contribution in [0, 0.1) is 0 Å². The van der Waals surface area contributed by atoms with E-state index >= 15 is 0 Å². The van der Waals surface area contributed by atoms with Crippen LogP contribution < -0.4 is 14.8 Å². The van der Waals surface area contributed by atoms with Gasteiger partial charge in [-0.15, -0.1) is 0 Å². The fraction of sp³-hybridized carbons (Fsp3) is 0.250.